The van der Waals surface area contributed by atoms with E-state index >= 15 is 0 Å². The number of aromatic nitrogens is 2. The van der Waals surface area contributed by atoms with Gasteiger partial charge in [0.1, 0.15) is 5.82 Å². The summed E-state index contributed by atoms with van der Waals surface area (Å²) in [6.45, 7) is 1.25. The van der Waals surface area contributed by atoms with Crippen molar-refractivity contribution in [2.75, 3.05) is 27.3 Å². The number of hydrogen-bond acceptors (Lipinski definition) is 3. The summed E-state index contributed by atoms with van der Waals surface area (Å²) in [7, 11) is 3.44. The van der Waals surface area contributed by atoms with Crippen LogP contribution in [0.15, 0.2) is 24.3 Å². The average molecular weight is 331 g/mol. The molecular formula is C18H22FN3O2. The maximum absolute atomic E-state index is 13.2. The van der Waals surface area contributed by atoms with Crippen LogP contribution in [-0.4, -0.2) is 47.9 Å². The van der Waals surface area contributed by atoms with Crippen LogP contribution >= 0.6 is 0 Å². The van der Waals surface area contributed by atoms with Gasteiger partial charge in [0, 0.05) is 38.6 Å². The maximum atomic E-state index is 13.2. The number of amides is 1. The van der Waals surface area contributed by atoms with Crippen LogP contribution in [0.25, 0.3) is 5.69 Å². The number of hydrogen-bond donors (Lipinski definition) is 0. The van der Waals surface area contributed by atoms with Gasteiger partial charge in [-0.25, -0.2) is 9.07 Å². The molecule has 6 heteroatoms. The molecule has 0 spiro atoms. The van der Waals surface area contributed by atoms with Crippen LogP contribution in [0.5, 0.6) is 0 Å². The summed E-state index contributed by atoms with van der Waals surface area (Å²) in [6.07, 6.45) is 3.56. The van der Waals surface area contributed by atoms with Gasteiger partial charge in [-0.2, -0.15) is 5.10 Å². The van der Waals surface area contributed by atoms with E-state index in [9.17, 15) is 9.18 Å². The number of methoxy groups -OCH3 is 1. The fourth-order valence-corrected chi connectivity index (χ4v) is 3.13. The largest absolute Gasteiger partial charge is 0.385 e. The summed E-state index contributed by atoms with van der Waals surface area (Å²) >= 11 is 0. The van der Waals surface area contributed by atoms with Crippen molar-refractivity contribution >= 4 is 5.91 Å². The molecule has 24 heavy (non-hydrogen) atoms. The van der Waals surface area contributed by atoms with E-state index in [2.05, 4.69) is 5.10 Å². The Morgan fingerprint density at radius 3 is 2.79 bits per heavy atom. The van der Waals surface area contributed by atoms with E-state index in [0.717, 1.165) is 42.6 Å². The lowest BCUT2D eigenvalue weighted by Gasteiger charge is -2.16. The predicted molar refractivity (Wildman–Crippen MR) is 89.0 cm³/mol. The number of ether oxygens (including phenoxy) is 1. The van der Waals surface area contributed by atoms with E-state index in [1.165, 1.54) is 12.1 Å². The minimum Gasteiger partial charge on any atom is -0.385 e. The third-order valence-corrected chi connectivity index (χ3v) is 4.39. The molecule has 0 aliphatic heterocycles. The number of benzene rings is 1. The molecule has 1 amide bonds. The van der Waals surface area contributed by atoms with Crippen LogP contribution < -0.4 is 0 Å². The predicted octanol–water partition coefficient (Wildman–Crippen LogP) is 2.61. The van der Waals surface area contributed by atoms with Crippen LogP contribution in [0.4, 0.5) is 4.39 Å². The second-order valence-corrected chi connectivity index (χ2v) is 6.09. The zero-order valence-corrected chi connectivity index (χ0v) is 14.1. The highest BCUT2D eigenvalue weighted by molar-refractivity contribution is 5.94. The Labute approximate surface area is 141 Å². The average Bonchev–Trinajstić information content (AvgIpc) is 3.17. The Bertz CT molecular complexity index is 725. The van der Waals surface area contributed by atoms with Crippen molar-refractivity contribution in [3.05, 3.63) is 47.0 Å². The molecule has 0 saturated carbocycles. The molecule has 1 aromatic heterocycles. The maximum Gasteiger partial charge on any atom is 0.274 e. The van der Waals surface area contributed by atoms with E-state index in [0.29, 0.717) is 18.8 Å². The van der Waals surface area contributed by atoms with Crippen LogP contribution in [0.3, 0.4) is 0 Å². The molecule has 1 aliphatic rings. The Morgan fingerprint density at radius 2 is 2.08 bits per heavy atom. The molecule has 0 radical (unpaired) electrons. The first-order valence-corrected chi connectivity index (χ1v) is 8.23. The lowest BCUT2D eigenvalue weighted by Crippen LogP contribution is -2.29. The number of carbonyl (C=O) groups excluding carboxylic acids is 1. The van der Waals surface area contributed by atoms with Crippen LogP contribution in [0.2, 0.25) is 0 Å². The van der Waals surface area contributed by atoms with Crippen molar-refractivity contribution in [1.82, 2.24) is 14.7 Å². The normalized spacial score (nSPS) is 13.1. The molecule has 0 saturated heterocycles. The molecule has 1 aliphatic carbocycles. The molecule has 3 rings (SSSR count). The second kappa shape index (κ2) is 7.13. The molecule has 0 N–H and O–H groups in total. The van der Waals surface area contributed by atoms with Gasteiger partial charge in [0.2, 0.25) is 0 Å². The third kappa shape index (κ3) is 3.19. The zero-order chi connectivity index (χ0) is 17.1. The van der Waals surface area contributed by atoms with Gasteiger partial charge in [-0.15, -0.1) is 0 Å². The smallest absolute Gasteiger partial charge is 0.274 e. The number of rotatable bonds is 6. The summed E-state index contributed by atoms with van der Waals surface area (Å²) in [5, 5.41) is 4.55. The minimum atomic E-state index is -0.281. The van der Waals surface area contributed by atoms with Crippen LogP contribution in [0, 0.1) is 5.82 Å². The molecule has 0 unspecified atom stereocenters. The number of halogens is 1. The Morgan fingerprint density at radius 1 is 1.33 bits per heavy atom. The highest BCUT2D eigenvalue weighted by Gasteiger charge is 2.28. The molecule has 0 bridgehead atoms. The first-order valence-electron chi connectivity index (χ1n) is 8.23. The number of carbonyl (C=O) groups is 1. The first kappa shape index (κ1) is 16.6. The van der Waals surface area contributed by atoms with Crippen molar-refractivity contribution in [3.8, 4) is 5.69 Å². The molecule has 5 nitrogen and oxygen atoms in total. The summed E-state index contributed by atoms with van der Waals surface area (Å²) in [5.74, 6) is -0.346. The van der Waals surface area contributed by atoms with Gasteiger partial charge in [-0.3, -0.25) is 4.79 Å². The summed E-state index contributed by atoms with van der Waals surface area (Å²) < 4.78 is 20.0. The van der Waals surface area contributed by atoms with E-state index in [-0.39, 0.29) is 11.7 Å². The van der Waals surface area contributed by atoms with Gasteiger partial charge < -0.3 is 9.64 Å². The molecule has 0 fully saturated rings. The summed E-state index contributed by atoms with van der Waals surface area (Å²) in [5.41, 5.74) is 3.40. The Kier molecular flexibility index (Phi) is 4.94. The number of fused-ring (bicyclic) bond motifs is 1. The monoisotopic (exact) mass is 331 g/mol. The van der Waals surface area contributed by atoms with Gasteiger partial charge in [0.15, 0.2) is 5.69 Å². The Balaban J connectivity index is 1.88. The molecule has 1 heterocycles. The van der Waals surface area contributed by atoms with Crippen molar-refractivity contribution in [2.45, 2.75) is 25.7 Å². The van der Waals surface area contributed by atoms with Gasteiger partial charge in [-0.1, -0.05) is 0 Å². The molecule has 0 atom stereocenters. The third-order valence-electron chi connectivity index (χ3n) is 4.39. The lowest BCUT2D eigenvalue weighted by molar-refractivity contribution is 0.0772. The van der Waals surface area contributed by atoms with Crippen LogP contribution in [0.1, 0.15) is 34.6 Å². The summed E-state index contributed by atoms with van der Waals surface area (Å²) in [4.78, 5) is 14.4. The van der Waals surface area contributed by atoms with Crippen LogP contribution in [-0.2, 0) is 17.6 Å². The molecule has 128 valence electrons. The van der Waals surface area contributed by atoms with Gasteiger partial charge >= 0.3 is 0 Å². The van der Waals surface area contributed by atoms with Gasteiger partial charge in [-0.05, 0) is 49.9 Å². The highest BCUT2D eigenvalue weighted by atomic mass is 19.1. The van der Waals surface area contributed by atoms with E-state index in [1.54, 1.807) is 35.9 Å². The van der Waals surface area contributed by atoms with Crippen molar-refractivity contribution in [3.63, 3.8) is 0 Å². The van der Waals surface area contributed by atoms with Crippen molar-refractivity contribution in [2.24, 2.45) is 0 Å². The van der Waals surface area contributed by atoms with E-state index in [1.807, 2.05) is 0 Å². The minimum absolute atomic E-state index is 0.0647. The van der Waals surface area contributed by atoms with Gasteiger partial charge in [0.05, 0.1) is 5.69 Å². The fourth-order valence-electron chi connectivity index (χ4n) is 3.13. The molecule has 2 aromatic rings. The molecular weight excluding hydrogens is 309 g/mol. The molecule has 1 aromatic carbocycles. The van der Waals surface area contributed by atoms with Crippen molar-refractivity contribution in [1.29, 1.82) is 0 Å². The first-order chi connectivity index (χ1) is 11.6. The summed E-state index contributed by atoms with van der Waals surface area (Å²) in [6, 6.07) is 6.21. The lowest BCUT2D eigenvalue weighted by atomic mass is 10.2. The van der Waals surface area contributed by atoms with E-state index in [4.69, 9.17) is 4.74 Å². The van der Waals surface area contributed by atoms with E-state index < -0.39 is 0 Å². The number of nitrogens with zero attached hydrogens (tertiary/aromatic N) is 3. The van der Waals surface area contributed by atoms with Crippen molar-refractivity contribution < 1.29 is 13.9 Å². The standard InChI is InChI=1S/C18H22FN3O2/c1-21(11-4-12-24-2)18(23)17-15-5-3-6-16(15)22(20-17)14-9-7-13(19)8-10-14/h7-10H,3-6,11-12H2,1-2H3. The second-order valence-electron chi connectivity index (χ2n) is 6.09. The SMILES string of the molecule is COCCCN(C)C(=O)c1nn(-c2ccc(F)cc2)c2c1CCC2. The topological polar surface area (TPSA) is 47.4 Å². The fraction of sp³-hybridized carbons (Fsp3) is 0.444. The Hall–Kier alpha value is -2.21. The highest BCUT2D eigenvalue weighted by Crippen LogP contribution is 2.28. The quantitative estimate of drug-likeness (QED) is 0.765. The zero-order valence-electron chi connectivity index (χ0n) is 14.1. The van der Waals surface area contributed by atoms with Gasteiger partial charge in [0.25, 0.3) is 5.91 Å².